The van der Waals surface area contributed by atoms with Crippen LogP contribution in [0.4, 0.5) is 18.9 Å². The number of alkyl halides is 3. The molecule has 1 fully saturated rings. The molecule has 0 radical (unpaired) electrons. The molecule has 11 heteroatoms. The summed E-state index contributed by atoms with van der Waals surface area (Å²) in [6.45, 7) is 1.27. The summed E-state index contributed by atoms with van der Waals surface area (Å²) in [6.07, 6.45) is -4.42. The lowest BCUT2D eigenvalue weighted by atomic mass is 10.1. The molecule has 0 bridgehead atoms. The highest BCUT2D eigenvalue weighted by Crippen LogP contribution is 2.32. The van der Waals surface area contributed by atoms with E-state index in [1.54, 1.807) is 15.9 Å². The van der Waals surface area contributed by atoms with Gasteiger partial charge in [-0.05, 0) is 36.4 Å². The molecule has 0 N–H and O–H groups in total. The SMILES string of the molecule is CN(C)S(=O)(=O)c1cc(C(=O)N2CCN(c3cccc(C(F)(F)F)c3)CC2)ccc1Cl. The topological polar surface area (TPSA) is 60.9 Å². The van der Waals surface area contributed by atoms with Crippen LogP contribution in [0.1, 0.15) is 15.9 Å². The van der Waals surface area contributed by atoms with E-state index >= 15 is 0 Å². The smallest absolute Gasteiger partial charge is 0.368 e. The monoisotopic (exact) mass is 475 g/mol. The second-order valence-corrected chi connectivity index (χ2v) is 9.79. The summed E-state index contributed by atoms with van der Waals surface area (Å²) < 4.78 is 64.7. The second kappa shape index (κ2) is 8.68. The quantitative estimate of drug-likeness (QED) is 0.678. The van der Waals surface area contributed by atoms with E-state index in [2.05, 4.69) is 0 Å². The standard InChI is InChI=1S/C20H21ClF3N3O3S/c1-25(2)31(29,30)18-12-14(6-7-17(18)21)19(28)27-10-8-26(9-11-27)16-5-3-4-15(13-16)20(22,23)24/h3-7,12-13H,8-11H2,1-2H3. The van der Waals surface area contributed by atoms with E-state index < -0.39 is 21.8 Å². The van der Waals surface area contributed by atoms with E-state index in [1.165, 1.54) is 38.4 Å². The van der Waals surface area contributed by atoms with E-state index in [-0.39, 0.29) is 34.5 Å². The maximum absolute atomic E-state index is 13.0. The van der Waals surface area contributed by atoms with Gasteiger partial charge >= 0.3 is 6.18 Å². The Morgan fingerprint density at radius 3 is 2.26 bits per heavy atom. The maximum Gasteiger partial charge on any atom is 0.416 e. The van der Waals surface area contributed by atoms with Crippen molar-refractivity contribution in [1.29, 1.82) is 0 Å². The molecule has 0 atom stereocenters. The van der Waals surface area contributed by atoms with Gasteiger partial charge in [0.2, 0.25) is 10.0 Å². The molecule has 0 saturated carbocycles. The van der Waals surface area contributed by atoms with Crippen molar-refractivity contribution in [1.82, 2.24) is 9.21 Å². The fourth-order valence-corrected chi connectivity index (χ4v) is 4.65. The molecular weight excluding hydrogens is 455 g/mol. The number of rotatable bonds is 4. The minimum absolute atomic E-state index is 0.0135. The van der Waals surface area contributed by atoms with Gasteiger partial charge in [-0.3, -0.25) is 4.79 Å². The normalized spacial score (nSPS) is 15.5. The third-order valence-electron chi connectivity index (χ3n) is 5.04. The Kier molecular flexibility index (Phi) is 6.54. The highest BCUT2D eigenvalue weighted by Gasteiger charge is 2.31. The molecule has 0 aliphatic carbocycles. The van der Waals surface area contributed by atoms with Gasteiger partial charge in [-0.2, -0.15) is 13.2 Å². The third-order valence-corrected chi connectivity index (χ3v) is 7.34. The zero-order chi connectivity index (χ0) is 23.0. The summed E-state index contributed by atoms with van der Waals surface area (Å²) in [5.41, 5.74) is -0.107. The molecule has 1 aliphatic heterocycles. The molecule has 1 heterocycles. The molecule has 0 unspecified atom stereocenters. The number of hydrogen-bond donors (Lipinski definition) is 0. The summed E-state index contributed by atoms with van der Waals surface area (Å²) in [7, 11) is -1.09. The second-order valence-electron chi connectivity index (χ2n) is 7.26. The van der Waals surface area contributed by atoms with Crippen LogP contribution in [0.3, 0.4) is 0 Å². The molecule has 168 valence electrons. The molecule has 1 saturated heterocycles. The predicted molar refractivity (Wildman–Crippen MR) is 112 cm³/mol. The zero-order valence-corrected chi connectivity index (χ0v) is 18.4. The Labute approximate surface area is 183 Å². The highest BCUT2D eigenvalue weighted by atomic mass is 35.5. The van der Waals surface area contributed by atoms with E-state index in [9.17, 15) is 26.4 Å². The maximum atomic E-state index is 13.0. The molecule has 1 amide bonds. The van der Waals surface area contributed by atoms with E-state index in [0.29, 0.717) is 18.8 Å². The average molecular weight is 476 g/mol. The van der Waals surface area contributed by atoms with Gasteiger partial charge in [0.25, 0.3) is 5.91 Å². The van der Waals surface area contributed by atoms with Crippen molar-refractivity contribution >= 4 is 33.2 Å². The number of halogens is 4. The van der Waals surface area contributed by atoms with Crippen LogP contribution in [-0.4, -0.2) is 63.8 Å². The van der Waals surface area contributed by atoms with Crippen molar-refractivity contribution in [3.8, 4) is 0 Å². The van der Waals surface area contributed by atoms with Crippen LogP contribution in [-0.2, 0) is 16.2 Å². The Bertz CT molecular complexity index is 1080. The molecule has 2 aromatic carbocycles. The summed E-state index contributed by atoms with van der Waals surface area (Å²) in [5.74, 6) is -0.365. The van der Waals surface area contributed by atoms with E-state index in [4.69, 9.17) is 11.6 Å². The number of sulfonamides is 1. The van der Waals surface area contributed by atoms with Crippen molar-refractivity contribution in [2.75, 3.05) is 45.2 Å². The molecule has 0 spiro atoms. The van der Waals surface area contributed by atoms with Crippen LogP contribution in [0, 0.1) is 0 Å². The van der Waals surface area contributed by atoms with Crippen molar-refractivity contribution in [3.05, 3.63) is 58.6 Å². The molecular formula is C20H21ClF3N3O3S. The molecule has 3 rings (SSSR count). The van der Waals surface area contributed by atoms with E-state index in [0.717, 1.165) is 16.4 Å². The van der Waals surface area contributed by atoms with Crippen molar-refractivity contribution in [2.24, 2.45) is 0 Å². The summed E-state index contributed by atoms with van der Waals surface area (Å²) in [5, 5.41) is 0.0135. The average Bonchev–Trinajstić information content (AvgIpc) is 2.73. The lowest BCUT2D eigenvalue weighted by molar-refractivity contribution is -0.137. The van der Waals surface area contributed by atoms with Gasteiger partial charge in [0.1, 0.15) is 4.90 Å². The van der Waals surface area contributed by atoms with Crippen LogP contribution < -0.4 is 4.90 Å². The van der Waals surface area contributed by atoms with Crippen LogP contribution in [0.2, 0.25) is 5.02 Å². The molecule has 31 heavy (non-hydrogen) atoms. The van der Waals surface area contributed by atoms with Gasteiger partial charge in [-0.15, -0.1) is 0 Å². The largest absolute Gasteiger partial charge is 0.416 e. The van der Waals surface area contributed by atoms with Gasteiger partial charge in [0.05, 0.1) is 10.6 Å². The lowest BCUT2D eigenvalue weighted by Crippen LogP contribution is -2.48. The first-order chi connectivity index (χ1) is 14.4. The van der Waals surface area contributed by atoms with Crippen molar-refractivity contribution in [3.63, 3.8) is 0 Å². The summed E-state index contributed by atoms with van der Waals surface area (Å²) in [4.78, 5) is 16.1. The van der Waals surface area contributed by atoms with Crippen LogP contribution >= 0.6 is 11.6 Å². The number of hydrogen-bond acceptors (Lipinski definition) is 4. The van der Waals surface area contributed by atoms with Crippen LogP contribution in [0.15, 0.2) is 47.4 Å². The fraction of sp³-hybridized carbons (Fsp3) is 0.350. The highest BCUT2D eigenvalue weighted by molar-refractivity contribution is 7.89. The Morgan fingerprint density at radius 2 is 1.68 bits per heavy atom. The zero-order valence-electron chi connectivity index (χ0n) is 16.9. The van der Waals surface area contributed by atoms with Crippen LogP contribution in [0.25, 0.3) is 0 Å². The number of anilines is 1. The van der Waals surface area contributed by atoms with E-state index in [1.807, 2.05) is 0 Å². The fourth-order valence-electron chi connectivity index (χ4n) is 3.26. The first kappa shape index (κ1) is 23.4. The first-order valence-electron chi connectivity index (χ1n) is 9.35. The van der Waals surface area contributed by atoms with Gasteiger partial charge in [0, 0.05) is 51.5 Å². The van der Waals surface area contributed by atoms with Crippen LogP contribution in [0.5, 0.6) is 0 Å². The number of nitrogens with zero attached hydrogens (tertiary/aromatic N) is 3. The lowest BCUT2D eigenvalue weighted by Gasteiger charge is -2.36. The molecule has 6 nitrogen and oxygen atoms in total. The number of benzene rings is 2. The van der Waals surface area contributed by atoms with Gasteiger partial charge in [-0.1, -0.05) is 17.7 Å². The minimum atomic E-state index is -4.42. The molecule has 1 aliphatic rings. The van der Waals surface area contributed by atoms with Crippen molar-refractivity contribution in [2.45, 2.75) is 11.1 Å². The number of piperazine rings is 1. The number of carbonyl (C=O) groups is 1. The Balaban J connectivity index is 1.74. The minimum Gasteiger partial charge on any atom is -0.368 e. The van der Waals surface area contributed by atoms with Crippen molar-refractivity contribution < 1.29 is 26.4 Å². The van der Waals surface area contributed by atoms with Gasteiger partial charge < -0.3 is 9.80 Å². The number of carbonyl (C=O) groups excluding carboxylic acids is 1. The Morgan fingerprint density at radius 1 is 1.03 bits per heavy atom. The molecule has 2 aromatic rings. The molecule has 0 aromatic heterocycles. The third kappa shape index (κ3) is 4.97. The number of amides is 1. The Hall–Kier alpha value is -2.30. The summed E-state index contributed by atoms with van der Waals surface area (Å²) >= 11 is 6.03. The first-order valence-corrected chi connectivity index (χ1v) is 11.2. The van der Waals surface area contributed by atoms with Gasteiger partial charge in [-0.25, -0.2) is 12.7 Å². The summed E-state index contributed by atoms with van der Waals surface area (Å²) in [6, 6.07) is 9.14. The van der Waals surface area contributed by atoms with Gasteiger partial charge in [0.15, 0.2) is 0 Å². The predicted octanol–water partition coefficient (Wildman–Crippen LogP) is 3.57.